The average Bonchev–Trinajstić information content (AvgIpc) is 3.31. The summed E-state index contributed by atoms with van der Waals surface area (Å²) in [7, 11) is 0. The fourth-order valence-corrected chi connectivity index (χ4v) is 4.97. The Morgan fingerprint density at radius 3 is 2.64 bits per heavy atom. The first kappa shape index (κ1) is 18.8. The van der Waals surface area contributed by atoms with Crippen molar-refractivity contribution < 1.29 is 9.18 Å². The Balaban J connectivity index is 1.83. The van der Waals surface area contributed by atoms with E-state index in [0.717, 1.165) is 18.4 Å². The number of nitrogens with zero attached hydrogens (tertiary/aromatic N) is 3. The van der Waals surface area contributed by atoms with E-state index in [4.69, 9.17) is 10.8 Å². The van der Waals surface area contributed by atoms with Crippen molar-refractivity contribution in [1.29, 1.82) is 0 Å². The Bertz CT molecular complexity index is 946. The minimum absolute atomic E-state index is 0.129. The first-order valence-corrected chi connectivity index (χ1v) is 10.1. The summed E-state index contributed by atoms with van der Waals surface area (Å²) < 4.78 is 13.8. The smallest absolute Gasteiger partial charge is 0.247 e. The highest BCUT2D eigenvalue weighted by Gasteiger charge is 2.47. The highest BCUT2D eigenvalue weighted by atomic mass is 32.2. The van der Waals surface area contributed by atoms with Gasteiger partial charge in [-0.15, -0.1) is 0 Å². The van der Waals surface area contributed by atoms with Crippen molar-refractivity contribution in [3.8, 4) is 0 Å². The molecule has 0 radical (unpaired) electrons. The van der Waals surface area contributed by atoms with Crippen LogP contribution in [0.5, 0.6) is 0 Å². The lowest BCUT2D eigenvalue weighted by molar-refractivity contribution is -0.117. The second kappa shape index (κ2) is 7.85. The van der Waals surface area contributed by atoms with E-state index in [2.05, 4.69) is 17.1 Å². The third-order valence-electron chi connectivity index (χ3n) is 4.88. The summed E-state index contributed by atoms with van der Waals surface area (Å²) in [5.41, 5.74) is 7.61. The highest BCUT2D eigenvalue weighted by Crippen LogP contribution is 2.51. The summed E-state index contributed by atoms with van der Waals surface area (Å²) in [5.74, 6) is 0.222. The number of amidine groups is 1. The van der Waals surface area contributed by atoms with Gasteiger partial charge in [-0.2, -0.15) is 10.1 Å². The van der Waals surface area contributed by atoms with Gasteiger partial charge in [-0.05, 0) is 37.1 Å². The predicted octanol–water partition coefficient (Wildman–Crippen LogP) is 3.85. The molecular weight excluding hydrogens is 375 g/mol. The van der Waals surface area contributed by atoms with Crippen molar-refractivity contribution in [3.05, 3.63) is 71.5 Å². The average molecular weight is 396 g/mol. The summed E-state index contributed by atoms with van der Waals surface area (Å²) in [6, 6.07) is 16.5. The fourth-order valence-electron chi connectivity index (χ4n) is 3.55. The zero-order chi connectivity index (χ0) is 19.6. The molecule has 2 aliphatic rings. The van der Waals surface area contributed by atoms with Crippen molar-refractivity contribution >= 4 is 28.5 Å². The molecule has 7 heteroatoms. The van der Waals surface area contributed by atoms with Crippen LogP contribution in [0.1, 0.15) is 36.8 Å². The van der Waals surface area contributed by atoms with Gasteiger partial charge >= 0.3 is 0 Å². The molecule has 0 aromatic heterocycles. The van der Waals surface area contributed by atoms with Crippen molar-refractivity contribution in [2.75, 3.05) is 6.54 Å². The van der Waals surface area contributed by atoms with Gasteiger partial charge in [-0.3, -0.25) is 4.79 Å². The first-order valence-electron chi connectivity index (χ1n) is 9.32. The monoisotopic (exact) mass is 396 g/mol. The summed E-state index contributed by atoms with van der Waals surface area (Å²) in [6.45, 7) is 0.545. The van der Waals surface area contributed by atoms with E-state index in [1.807, 2.05) is 29.3 Å². The van der Waals surface area contributed by atoms with Crippen LogP contribution in [0.15, 0.2) is 64.7 Å². The molecule has 2 heterocycles. The van der Waals surface area contributed by atoms with Crippen LogP contribution in [0.3, 0.4) is 0 Å². The molecule has 28 heavy (non-hydrogen) atoms. The lowest BCUT2D eigenvalue weighted by atomic mass is 10.00. The third kappa shape index (κ3) is 3.47. The van der Waals surface area contributed by atoms with E-state index in [9.17, 15) is 9.18 Å². The Morgan fingerprint density at radius 1 is 1.14 bits per heavy atom. The standard InChI is InChI=1S/C21H21FN4OS/c22-17-9-4-6-15(14-17)20-25-26(18-10-11-19(27)24-18)21(28-20,12-5-13-23)16-7-2-1-3-8-16/h1-4,6-9,14H,5,10-13,23H2. The van der Waals surface area contributed by atoms with Gasteiger partial charge in [-0.1, -0.05) is 54.2 Å². The maximum atomic E-state index is 13.8. The minimum atomic E-state index is -0.564. The first-order chi connectivity index (χ1) is 13.6. The summed E-state index contributed by atoms with van der Waals surface area (Å²) in [6.07, 6.45) is 2.46. The molecule has 1 unspecified atom stereocenters. The summed E-state index contributed by atoms with van der Waals surface area (Å²) >= 11 is 1.57. The Hall–Kier alpha value is -2.51. The van der Waals surface area contributed by atoms with Gasteiger partial charge in [0.1, 0.15) is 21.6 Å². The van der Waals surface area contributed by atoms with E-state index >= 15 is 0 Å². The molecule has 2 aromatic carbocycles. The van der Waals surface area contributed by atoms with Crippen LogP contribution in [-0.2, 0) is 9.67 Å². The molecule has 0 saturated heterocycles. The SMILES string of the molecule is NCCCC1(c2ccccc2)SC(c2cccc(F)c2)=NN1C1=NC(=O)CC1. The second-order valence-electron chi connectivity index (χ2n) is 6.79. The fraction of sp³-hybridized carbons (Fsp3) is 0.286. The molecule has 2 aliphatic heterocycles. The second-order valence-corrected chi connectivity index (χ2v) is 8.06. The van der Waals surface area contributed by atoms with Gasteiger partial charge in [0, 0.05) is 18.4 Å². The van der Waals surface area contributed by atoms with Crippen LogP contribution < -0.4 is 5.73 Å². The van der Waals surface area contributed by atoms with Gasteiger partial charge < -0.3 is 5.73 Å². The molecule has 0 fully saturated rings. The number of carbonyl (C=O) groups is 1. The molecule has 144 valence electrons. The zero-order valence-electron chi connectivity index (χ0n) is 15.3. The molecule has 0 bridgehead atoms. The lowest BCUT2D eigenvalue weighted by Crippen LogP contribution is -2.41. The Kier molecular flexibility index (Phi) is 5.28. The highest BCUT2D eigenvalue weighted by molar-refractivity contribution is 8.15. The molecule has 0 spiro atoms. The number of benzene rings is 2. The number of hydrogen-bond acceptors (Lipinski definition) is 5. The number of amides is 1. The van der Waals surface area contributed by atoms with Crippen LogP contribution in [0, 0.1) is 5.82 Å². The van der Waals surface area contributed by atoms with Crippen LogP contribution in [0.25, 0.3) is 0 Å². The van der Waals surface area contributed by atoms with Gasteiger partial charge in [0.15, 0.2) is 0 Å². The molecule has 2 N–H and O–H groups in total. The van der Waals surface area contributed by atoms with Crippen molar-refractivity contribution in [2.24, 2.45) is 15.8 Å². The third-order valence-corrected chi connectivity index (χ3v) is 6.34. The molecule has 1 atom stereocenters. The van der Waals surface area contributed by atoms with Gasteiger partial charge in [0.05, 0.1) is 0 Å². The maximum absolute atomic E-state index is 13.8. The molecular formula is C21H21FN4OS. The number of carbonyl (C=O) groups excluding carboxylic acids is 1. The van der Waals surface area contributed by atoms with Gasteiger partial charge in [-0.25, -0.2) is 9.40 Å². The molecule has 0 saturated carbocycles. The molecule has 4 rings (SSSR count). The summed E-state index contributed by atoms with van der Waals surface area (Å²) in [5, 5.41) is 7.40. The van der Waals surface area contributed by atoms with Gasteiger partial charge in [0.2, 0.25) is 5.91 Å². The Morgan fingerprint density at radius 2 is 1.96 bits per heavy atom. The topological polar surface area (TPSA) is 71.0 Å². The predicted molar refractivity (Wildman–Crippen MR) is 110 cm³/mol. The number of aliphatic imine (C=N–C) groups is 1. The van der Waals surface area contributed by atoms with E-state index in [1.54, 1.807) is 17.8 Å². The van der Waals surface area contributed by atoms with E-state index in [-0.39, 0.29) is 11.7 Å². The number of halogens is 1. The molecule has 0 aliphatic carbocycles. The number of hydrogen-bond donors (Lipinski definition) is 1. The quantitative estimate of drug-likeness (QED) is 0.833. The minimum Gasteiger partial charge on any atom is -0.330 e. The number of rotatable bonds is 5. The van der Waals surface area contributed by atoms with Crippen molar-refractivity contribution in [2.45, 2.75) is 30.6 Å². The van der Waals surface area contributed by atoms with Gasteiger partial charge in [0.25, 0.3) is 0 Å². The molecule has 5 nitrogen and oxygen atoms in total. The van der Waals surface area contributed by atoms with Crippen LogP contribution >= 0.6 is 11.8 Å². The summed E-state index contributed by atoms with van der Waals surface area (Å²) in [4.78, 5) is 15.5. The maximum Gasteiger partial charge on any atom is 0.247 e. The van der Waals surface area contributed by atoms with Crippen LogP contribution in [0.2, 0.25) is 0 Å². The molecule has 1 amide bonds. The zero-order valence-corrected chi connectivity index (χ0v) is 16.2. The van der Waals surface area contributed by atoms with E-state index in [1.165, 1.54) is 12.1 Å². The largest absolute Gasteiger partial charge is 0.330 e. The number of hydrazone groups is 1. The van der Waals surface area contributed by atoms with Crippen molar-refractivity contribution in [1.82, 2.24) is 5.01 Å². The van der Waals surface area contributed by atoms with Crippen LogP contribution in [-0.4, -0.2) is 28.3 Å². The number of nitrogens with two attached hydrogens (primary N) is 1. The van der Waals surface area contributed by atoms with E-state index in [0.29, 0.717) is 35.8 Å². The van der Waals surface area contributed by atoms with Crippen LogP contribution in [0.4, 0.5) is 4.39 Å². The van der Waals surface area contributed by atoms with Crippen molar-refractivity contribution in [3.63, 3.8) is 0 Å². The lowest BCUT2D eigenvalue weighted by Gasteiger charge is -2.37. The molecule has 2 aromatic rings. The normalized spacial score (nSPS) is 21.8. The Labute approximate surface area is 167 Å². The van der Waals surface area contributed by atoms with E-state index < -0.39 is 4.87 Å². The number of thioether (sulfide) groups is 1.